The van der Waals surface area contributed by atoms with Crippen molar-refractivity contribution in [2.45, 2.75) is 33.6 Å². The number of nitro benzene ring substituents is 1. The number of nitrogens with zero attached hydrogens (tertiary/aromatic N) is 1. The average Bonchev–Trinajstić information content (AvgIpc) is 2.35. The van der Waals surface area contributed by atoms with Crippen molar-refractivity contribution >= 4 is 18.3 Å². The quantitative estimate of drug-likeness (QED) is 0.468. The van der Waals surface area contributed by atoms with E-state index in [2.05, 4.69) is 19.6 Å². The summed E-state index contributed by atoms with van der Waals surface area (Å²) in [5.41, 5.74) is 1.70. The Morgan fingerprint density at radius 3 is 2.58 bits per heavy atom. The lowest BCUT2D eigenvalue weighted by Gasteiger charge is -2.16. The second-order valence-electron chi connectivity index (χ2n) is 4.81. The van der Waals surface area contributed by atoms with E-state index in [9.17, 15) is 10.1 Å². The second-order valence-corrected chi connectivity index (χ2v) is 5.17. The molecule has 5 heteroatoms. The van der Waals surface area contributed by atoms with Gasteiger partial charge in [-0.25, -0.2) is 0 Å². The van der Waals surface area contributed by atoms with Crippen LogP contribution in [0.3, 0.4) is 0 Å². The molecule has 0 aromatic heterocycles. The molecule has 19 heavy (non-hydrogen) atoms. The first-order valence-corrected chi connectivity index (χ1v) is 7.12. The van der Waals surface area contributed by atoms with Crippen LogP contribution >= 0.6 is 12.6 Å². The molecule has 0 amide bonds. The molecule has 0 N–H and O–H groups in total. The number of aryl methyl sites for hydroxylation is 2. The van der Waals surface area contributed by atoms with Crippen molar-refractivity contribution < 1.29 is 9.66 Å². The van der Waals surface area contributed by atoms with Crippen LogP contribution in [0.15, 0.2) is 12.1 Å². The highest BCUT2D eigenvalue weighted by Crippen LogP contribution is 2.28. The molecule has 0 heterocycles. The Labute approximate surface area is 119 Å². The van der Waals surface area contributed by atoms with Crippen LogP contribution in [0.5, 0.6) is 5.75 Å². The number of thiol groups is 1. The summed E-state index contributed by atoms with van der Waals surface area (Å²) in [6.45, 7) is 6.32. The van der Waals surface area contributed by atoms with Gasteiger partial charge in [0.05, 0.1) is 17.6 Å². The molecule has 1 rings (SSSR count). The molecule has 1 unspecified atom stereocenters. The summed E-state index contributed by atoms with van der Waals surface area (Å²) in [4.78, 5) is 10.5. The standard InChI is InChI=1S/C14H21NO3S/c1-4-5-12(9-19)8-18-14-7-13(15(16)17)10(2)6-11(14)3/h6-7,12,19H,4-5,8-9H2,1-3H3. The summed E-state index contributed by atoms with van der Waals surface area (Å²) in [5, 5.41) is 10.9. The maximum atomic E-state index is 10.9. The van der Waals surface area contributed by atoms with E-state index < -0.39 is 0 Å². The minimum Gasteiger partial charge on any atom is -0.493 e. The Morgan fingerprint density at radius 2 is 2.05 bits per heavy atom. The van der Waals surface area contributed by atoms with E-state index in [1.54, 1.807) is 13.0 Å². The number of hydrogen-bond acceptors (Lipinski definition) is 4. The summed E-state index contributed by atoms with van der Waals surface area (Å²) in [6.07, 6.45) is 2.14. The van der Waals surface area contributed by atoms with E-state index in [1.165, 1.54) is 6.07 Å². The van der Waals surface area contributed by atoms with Crippen molar-refractivity contribution in [3.63, 3.8) is 0 Å². The molecule has 1 aromatic carbocycles. The third-order valence-electron chi connectivity index (χ3n) is 3.12. The van der Waals surface area contributed by atoms with Crippen LogP contribution in [0, 0.1) is 29.9 Å². The Hall–Kier alpha value is -1.23. The SMILES string of the molecule is CCCC(CS)COc1cc([N+](=O)[O-])c(C)cc1C. The largest absolute Gasteiger partial charge is 0.493 e. The lowest BCUT2D eigenvalue weighted by atomic mass is 10.1. The molecule has 1 atom stereocenters. The van der Waals surface area contributed by atoms with Gasteiger partial charge in [0.2, 0.25) is 0 Å². The number of benzene rings is 1. The first-order chi connectivity index (χ1) is 8.99. The summed E-state index contributed by atoms with van der Waals surface area (Å²) >= 11 is 4.30. The number of rotatable bonds is 7. The summed E-state index contributed by atoms with van der Waals surface area (Å²) in [6, 6.07) is 3.31. The summed E-state index contributed by atoms with van der Waals surface area (Å²) < 4.78 is 5.73. The fourth-order valence-corrected chi connectivity index (χ4v) is 2.31. The fraction of sp³-hybridized carbons (Fsp3) is 0.571. The topological polar surface area (TPSA) is 52.4 Å². The molecule has 0 saturated carbocycles. The van der Waals surface area contributed by atoms with Gasteiger partial charge in [-0.3, -0.25) is 10.1 Å². The molecule has 0 aliphatic carbocycles. The third-order valence-corrected chi connectivity index (χ3v) is 3.64. The molecule has 106 valence electrons. The van der Waals surface area contributed by atoms with E-state index in [4.69, 9.17) is 4.74 Å². The van der Waals surface area contributed by atoms with Crippen LogP contribution in [0.25, 0.3) is 0 Å². The van der Waals surface area contributed by atoms with Crippen LogP contribution in [-0.4, -0.2) is 17.3 Å². The molecule has 0 aliphatic rings. The zero-order valence-electron chi connectivity index (χ0n) is 11.7. The molecular weight excluding hydrogens is 262 g/mol. The van der Waals surface area contributed by atoms with Crippen molar-refractivity contribution in [2.75, 3.05) is 12.4 Å². The highest BCUT2D eigenvalue weighted by Gasteiger charge is 2.15. The van der Waals surface area contributed by atoms with Crippen molar-refractivity contribution in [1.29, 1.82) is 0 Å². The second kappa shape index (κ2) is 7.38. The predicted molar refractivity (Wildman–Crippen MR) is 80.3 cm³/mol. The van der Waals surface area contributed by atoms with Crippen LogP contribution in [0.1, 0.15) is 30.9 Å². The van der Waals surface area contributed by atoms with E-state index in [0.717, 1.165) is 24.2 Å². The highest BCUT2D eigenvalue weighted by molar-refractivity contribution is 7.80. The van der Waals surface area contributed by atoms with Gasteiger partial charge in [0.25, 0.3) is 5.69 Å². The van der Waals surface area contributed by atoms with E-state index in [1.807, 2.05) is 6.92 Å². The number of nitro groups is 1. The van der Waals surface area contributed by atoms with Gasteiger partial charge in [0.15, 0.2) is 0 Å². The van der Waals surface area contributed by atoms with Gasteiger partial charge in [-0.2, -0.15) is 12.6 Å². The predicted octanol–water partition coefficient (Wildman–Crippen LogP) is 3.94. The molecule has 4 nitrogen and oxygen atoms in total. The molecular formula is C14H21NO3S. The first kappa shape index (κ1) is 15.8. The molecule has 0 spiro atoms. The smallest absolute Gasteiger partial charge is 0.276 e. The lowest BCUT2D eigenvalue weighted by Crippen LogP contribution is -2.14. The molecule has 0 fully saturated rings. The zero-order valence-corrected chi connectivity index (χ0v) is 12.6. The van der Waals surface area contributed by atoms with Crippen molar-refractivity contribution in [1.82, 2.24) is 0 Å². The number of hydrogen-bond donors (Lipinski definition) is 1. The Bertz CT molecular complexity index is 449. The van der Waals surface area contributed by atoms with Gasteiger partial charge in [-0.15, -0.1) is 0 Å². The van der Waals surface area contributed by atoms with Gasteiger partial charge in [0.1, 0.15) is 5.75 Å². The Morgan fingerprint density at radius 1 is 1.37 bits per heavy atom. The van der Waals surface area contributed by atoms with Gasteiger partial charge in [-0.1, -0.05) is 13.3 Å². The van der Waals surface area contributed by atoms with Crippen molar-refractivity contribution in [3.8, 4) is 5.75 Å². The zero-order chi connectivity index (χ0) is 14.4. The van der Waals surface area contributed by atoms with Gasteiger partial charge in [0, 0.05) is 11.5 Å². The van der Waals surface area contributed by atoms with Crippen molar-refractivity contribution in [2.24, 2.45) is 5.92 Å². The number of ether oxygens (including phenoxy) is 1. The van der Waals surface area contributed by atoms with Gasteiger partial charge < -0.3 is 4.74 Å². The van der Waals surface area contributed by atoms with Crippen molar-refractivity contribution in [3.05, 3.63) is 33.4 Å². The Balaban J connectivity index is 2.83. The average molecular weight is 283 g/mol. The minimum absolute atomic E-state index is 0.110. The molecule has 1 aromatic rings. The maximum absolute atomic E-state index is 10.9. The van der Waals surface area contributed by atoms with Crippen LogP contribution < -0.4 is 4.74 Å². The van der Waals surface area contributed by atoms with E-state index in [0.29, 0.717) is 23.8 Å². The normalized spacial score (nSPS) is 12.2. The van der Waals surface area contributed by atoms with Crippen LogP contribution in [0.4, 0.5) is 5.69 Å². The molecule has 0 radical (unpaired) electrons. The highest BCUT2D eigenvalue weighted by atomic mass is 32.1. The molecule has 0 saturated heterocycles. The maximum Gasteiger partial charge on any atom is 0.276 e. The monoisotopic (exact) mass is 283 g/mol. The van der Waals surface area contributed by atoms with E-state index >= 15 is 0 Å². The third kappa shape index (κ3) is 4.42. The first-order valence-electron chi connectivity index (χ1n) is 6.48. The van der Waals surface area contributed by atoms with Crippen LogP contribution in [0.2, 0.25) is 0 Å². The minimum atomic E-state index is -0.371. The fourth-order valence-electron chi connectivity index (χ4n) is 2.02. The Kier molecular flexibility index (Phi) is 6.15. The molecule has 0 bridgehead atoms. The van der Waals surface area contributed by atoms with Gasteiger partial charge >= 0.3 is 0 Å². The van der Waals surface area contributed by atoms with Gasteiger partial charge in [-0.05, 0) is 37.7 Å². The summed E-state index contributed by atoms with van der Waals surface area (Å²) in [5.74, 6) is 1.74. The van der Waals surface area contributed by atoms with Crippen LogP contribution in [-0.2, 0) is 0 Å². The molecule has 0 aliphatic heterocycles. The summed E-state index contributed by atoms with van der Waals surface area (Å²) in [7, 11) is 0. The lowest BCUT2D eigenvalue weighted by molar-refractivity contribution is -0.385. The van der Waals surface area contributed by atoms with E-state index in [-0.39, 0.29) is 10.6 Å².